The van der Waals surface area contributed by atoms with Gasteiger partial charge >= 0.3 is 0 Å². The Hall–Kier alpha value is -3.45. The van der Waals surface area contributed by atoms with E-state index in [2.05, 4.69) is 15.5 Å². The van der Waals surface area contributed by atoms with Crippen molar-refractivity contribution in [3.05, 3.63) is 88.5 Å². The number of rotatable bonds is 7. The number of carbonyl (C=O) groups excluding carboxylic acids is 1. The van der Waals surface area contributed by atoms with Gasteiger partial charge in [-0.3, -0.25) is 4.79 Å². The molecule has 29 heavy (non-hydrogen) atoms. The fourth-order valence-electron chi connectivity index (χ4n) is 2.41. The second-order valence-corrected chi connectivity index (χ2v) is 6.22. The van der Waals surface area contributed by atoms with Crippen LogP contribution in [0.2, 0.25) is 5.15 Å². The molecule has 0 atom stereocenters. The van der Waals surface area contributed by atoms with Crippen molar-refractivity contribution < 1.29 is 18.7 Å². The van der Waals surface area contributed by atoms with Crippen LogP contribution in [0, 0.1) is 5.82 Å². The molecule has 8 heteroatoms. The molecule has 0 saturated carbocycles. The van der Waals surface area contributed by atoms with Gasteiger partial charge in [0.2, 0.25) is 0 Å². The summed E-state index contributed by atoms with van der Waals surface area (Å²) in [5.74, 6) is 0.260. The van der Waals surface area contributed by atoms with Crippen LogP contribution in [-0.4, -0.2) is 24.2 Å². The molecule has 0 aliphatic carbocycles. The molecule has 0 aliphatic rings. The first-order valence-electron chi connectivity index (χ1n) is 8.56. The second kappa shape index (κ2) is 9.66. The molecule has 3 rings (SSSR count). The minimum Gasteiger partial charge on any atom is -0.493 e. The zero-order chi connectivity index (χ0) is 20.6. The van der Waals surface area contributed by atoms with Crippen LogP contribution in [-0.2, 0) is 6.61 Å². The lowest BCUT2D eigenvalue weighted by atomic mass is 10.2. The minimum absolute atomic E-state index is 0.101. The van der Waals surface area contributed by atoms with Gasteiger partial charge in [-0.05, 0) is 53.6 Å². The van der Waals surface area contributed by atoms with Crippen LogP contribution < -0.4 is 14.9 Å². The Morgan fingerprint density at radius 1 is 1.21 bits per heavy atom. The van der Waals surface area contributed by atoms with E-state index in [-0.39, 0.29) is 23.1 Å². The number of benzene rings is 2. The van der Waals surface area contributed by atoms with Crippen LogP contribution in [0.3, 0.4) is 0 Å². The SMILES string of the molecule is COc1cc(/C=N/NC(=O)c2cccnc2Cl)ccc1OCc1ccc(F)cc1. The summed E-state index contributed by atoms with van der Waals surface area (Å²) in [6.45, 7) is 0.270. The first kappa shape index (κ1) is 20.3. The lowest BCUT2D eigenvalue weighted by Crippen LogP contribution is -2.18. The Morgan fingerprint density at radius 3 is 2.72 bits per heavy atom. The van der Waals surface area contributed by atoms with Gasteiger partial charge in [0.15, 0.2) is 11.5 Å². The fourth-order valence-corrected chi connectivity index (χ4v) is 2.61. The summed E-state index contributed by atoms with van der Waals surface area (Å²) in [5, 5.41) is 4.02. The van der Waals surface area contributed by atoms with Crippen molar-refractivity contribution in [3.63, 3.8) is 0 Å². The van der Waals surface area contributed by atoms with Crippen molar-refractivity contribution in [2.45, 2.75) is 6.61 Å². The zero-order valence-corrected chi connectivity index (χ0v) is 16.2. The number of nitrogens with one attached hydrogen (secondary N) is 1. The van der Waals surface area contributed by atoms with Gasteiger partial charge in [0.25, 0.3) is 5.91 Å². The number of nitrogens with zero attached hydrogens (tertiary/aromatic N) is 2. The highest BCUT2D eigenvalue weighted by Gasteiger charge is 2.09. The number of halogens is 2. The number of hydrazone groups is 1. The van der Waals surface area contributed by atoms with Crippen molar-refractivity contribution >= 4 is 23.7 Å². The molecule has 1 amide bonds. The average Bonchev–Trinajstić information content (AvgIpc) is 2.74. The van der Waals surface area contributed by atoms with Gasteiger partial charge in [-0.2, -0.15) is 5.10 Å². The topological polar surface area (TPSA) is 72.8 Å². The van der Waals surface area contributed by atoms with Gasteiger partial charge in [0, 0.05) is 6.20 Å². The number of aromatic nitrogens is 1. The summed E-state index contributed by atoms with van der Waals surface area (Å²) in [6.07, 6.45) is 2.96. The van der Waals surface area contributed by atoms with Gasteiger partial charge in [-0.1, -0.05) is 23.7 Å². The Kier molecular flexibility index (Phi) is 6.76. The molecule has 0 unspecified atom stereocenters. The van der Waals surface area contributed by atoms with Crippen LogP contribution in [0.1, 0.15) is 21.5 Å². The molecule has 2 aromatic carbocycles. The summed E-state index contributed by atoms with van der Waals surface area (Å²) < 4.78 is 24.1. The quantitative estimate of drug-likeness (QED) is 0.357. The van der Waals surface area contributed by atoms with E-state index in [0.29, 0.717) is 17.1 Å². The number of ether oxygens (including phenoxy) is 2. The predicted octanol–water partition coefficient (Wildman–Crippen LogP) is 4.23. The normalized spacial score (nSPS) is 10.7. The predicted molar refractivity (Wildman–Crippen MR) is 108 cm³/mol. The van der Waals surface area contributed by atoms with Crippen LogP contribution in [0.15, 0.2) is 65.9 Å². The van der Waals surface area contributed by atoms with E-state index in [9.17, 15) is 9.18 Å². The first-order valence-corrected chi connectivity index (χ1v) is 8.94. The molecule has 1 N–H and O–H groups in total. The number of hydrogen-bond donors (Lipinski definition) is 1. The highest BCUT2D eigenvalue weighted by atomic mass is 35.5. The second-order valence-electron chi connectivity index (χ2n) is 5.87. The molecule has 3 aromatic rings. The number of methoxy groups -OCH3 is 1. The van der Waals surface area contributed by atoms with Crippen molar-refractivity contribution in [2.24, 2.45) is 5.10 Å². The minimum atomic E-state index is -0.467. The molecule has 0 saturated heterocycles. The Balaban J connectivity index is 1.63. The molecule has 0 fully saturated rings. The summed E-state index contributed by atoms with van der Waals surface area (Å²) in [6, 6.07) is 14.4. The third kappa shape index (κ3) is 5.52. The summed E-state index contributed by atoms with van der Waals surface area (Å²) in [5.41, 5.74) is 4.14. The molecule has 148 valence electrons. The maximum Gasteiger partial charge on any atom is 0.274 e. The van der Waals surface area contributed by atoms with Gasteiger partial charge in [-0.15, -0.1) is 0 Å². The monoisotopic (exact) mass is 413 g/mol. The highest BCUT2D eigenvalue weighted by Crippen LogP contribution is 2.28. The van der Waals surface area contributed by atoms with Crippen molar-refractivity contribution in [1.82, 2.24) is 10.4 Å². The molecule has 1 heterocycles. The Bertz CT molecular complexity index is 1030. The van der Waals surface area contributed by atoms with E-state index in [0.717, 1.165) is 5.56 Å². The molecule has 6 nitrogen and oxygen atoms in total. The van der Waals surface area contributed by atoms with Gasteiger partial charge in [-0.25, -0.2) is 14.8 Å². The van der Waals surface area contributed by atoms with E-state index in [1.807, 2.05) is 0 Å². The van der Waals surface area contributed by atoms with Gasteiger partial charge in [0.1, 0.15) is 17.6 Å². The van der Waals surface area contributed by atoms with E-state index in [4.69, 9.17) is 21.1 Å². The van der Waals surface area contributed by atoms with E-state index < -0.39 is 5.91 Å². The van der Waals surface area contributed by atoms with Gasteiger partial charge < -0.3 is 9.47 Å². The molecule has 0 radical (unpaired) electrons. The van der Waals surface area contributed by atoms with Crippen LogP contribution in [0.5, 0.6) is 11.5 Å². The Labute approximate surface area is 171 Å². The number of carbonyl (C=O) groups is 1. The zero-order valence-electron chi connectivity index (χ0n) is 15.4. The van der Waals surface area contributed by atoms with Crippen LogP contribution in [0.25, 0.3) is 0 Å². The third-order valence-corrected chi connectivity index (χ3v) is 4.18. The third-order valence-electron chi connectivity index (χ3n) is 3.88. The largest absolute Gasteiger partial charge is 0.493 e. The van der Waals surface area contributed by atoms with Crippen molar-refractivity contribution in [3.8, 4) is 11.5 Å². The highest BCUT2D eigenvalue weighted by molar-refractivity contribution is 6.32. The molecule has 0 aliphatic heterocycles. The van der Waals surface area contributed by atoms with Crippen molar-refractivity contribution in [1.29, 1.82) is 0 Å². The molecule has 0 spiro atoms. The summed E-state index contributed by atoms with van der Waals surface area (Å²) in [7, 11) is 1.52. The summed E-state index contributed by atoms with van der Waals surface area (Å²) in [4.78, 5) is 15.9. The molecular formula is C21H17ClFN3O3. The standard InChI is InChI=1S/C21H17ClFN3O3/c1-28-19-11-15(12-25-26-21(27)17-3-2-10-24-20(17)22)6-9-18(19)29-13-14-4-7-16(23)8-5-14/h2-12H,13H2,1H3,(H,26,27)/b25-12+. The molecular weight excluding hydrogens is 397 g/mol. The smallest absolute Gasteiger partial charge is 0.274 e. The van der Waals surface area contributed by atoms with E-state index in [1.54, 1.807) is 42.5 Å². The van der Waals surface area contributed by atoms with E-state index in [1.165, 1.54) is 31.7 Å². The average molecular weight is 414 g/mol. The molecule has 0 bridgehead atoms. The first-order chi connectivity index (χ1) is 14.1. The van der Waals surface area contributed by atoms with Crippen molar-refractivity contribution in [2.75, 3.05) is 7.11 Å². The van der Waals surface area contributed by atoms with Crippen LogP contribution >= 0.6 is 11.6 Å². The maximum atomic E-state index is 13.0. The number of hydrogen-bond acceptors (Lipinski definition) is 5. The number of amides is 1. The fraction of sp³-hybridized carbons (Fsp3) is 0.0952. The lowest BCUT2D eigenvalue weighted by molar-refractivity contribution is 0.0955. The lowest BCUT2D eigenvalue weighted by Gasteiger charge is -2.11. The van der Waals surface area contributed by atoms with Gasteiger partial charge in [0.05, 0.1) is 18.9 Å². The maximum absolute atomic E-state index is 13.0. The Morgan fingerprint density at radius 2 is 2.00 bits per heavy atom. The molecule has 1 aromatic heterocycles. The summed E-state index contributed by atoms with van der Waals surface area (Å²) >= 11 is 5.88. The number of pyridine rings is 1. The van der Waals surface area contributed by atoms with E-state index >= 15 is 0 Å². The van der Waals surface area contributed by atoms with Crippen LogP contribution in [0.4, 0.5) is 4.39 Å².